The molecule has 0 aliphatic carbocycles. The molecule has 1 aromatic heterocycles. The minimum absolute atomic E-state index is 0.0594. The lowest BCUT2D eigenvalue weighted by Gasteiger charge is -2.34. The predicted octanol–water partition coefficient (Wildman–Crippen LogP) is 2.46. The van der Waals surface area contributed by atoms with Crippen LogP contribution in [0.3, 0.4) is 0 Å². The molecule has 23 heavy (non-hydrogen) atoms. The zero-order valence-corrected chi connectivity index (χ0v) is 13.2. The van der Waals surface area contributed by atoms with Crippen LogP contribution in [0.15, 0.2) is 28.8 Å². The van der Waals surface area contributed by atoms with Gasteiger partial charge in [-0.2, -0.15) is 4.98 Å². The van der Waals surface area contributed by atoms with E-state index in [0.717, 1.165) is 5.56 Å². The molecule has 0 saturated carbocycles. The fourth-order valence-corrected chi connectivity index (χ4v) is 2.79. The van der Waals surface area contributed by atoms with E-state index in [1.54, 1.807) is 12.1 Å². The molecule has 0 bridgehead atoms. The maximum Gasteiger partial charge on any atom is 0.324 e. The summed E-state index contributed by atoms with van der Waals surface area (Å²) in [6.07, 6.45) is -0.580. The third-order valence-corrected chi connectivity index (χ3v) is 3.73. The molecule has 2 atom stereocenters. The molecule has 1 fully saturated rings. The number of benzene rings is 1. The van der Waals surface area contributed by atoms with Gasteiger partial charge in [-0.1, -0.05) is 28.9 Å². The number of hydrogen-bond donors (Lipinski definition) is 1. The van der Waals surface area contributed by atoms with Gasteiger partial charge in [0.2, 0.25) is 5.82 Å². The van der Waals surface area contributed by atoms with Gasteiger partial charge in [0.25, 0.3) is 0 Å². The summed E-state index contributed by atoms with van der Waals surface area (Å²) < 4.78 is 10.9. The normalized spacial score (nSPS) is 21.4. The average molecular weight is 338 g/mol. The lowest BCUT2D eigenvalue weighted by molar-refractivity contribution is -0.141. The number of nitrogens with zero attached hydrogens (tertiary/aromatic N) is 3. The zero-order chi connectivity index (χ0) is 16.4. The third kappa shape index (κ3) is 3.80. The number of morpholine rings is 1. The number of carbonyl (C=O) groups is 1. The van der Waals surface area contributed by atoms with Crippen LogP contribution in [-0.4, -0.2) is 46.5 Å². The Morgan fingerprint density at radius 3 is 3.04 bits per heavy atom. The summed E-state index contributed by atoms with van der Waals surface area (Å²) in [4.78, 5) is 17.1. The Bertz CT molecular complexity index is 706. The molecule has 3 rings (SSSR count). The van der Waals surface area contributed by atoms with Crippen molar-refractivity contribution in [2.75, 3.05) is 18.0 Å². The van der Waals surface area contributed by atoms with E-state index in [1.165, 1.54) is 0 Å². The number of hydrogen-bond acceptors (Lipinski definition) is 6. The summed E-state index contributed by atoms with van der Waals surface area (Å²) >= 11 is 5.97. The Hall–Kier alpha value is -2.12. The number of halogens is 1. The SMILES string of the molecule is CC1CN(c2nc(-c3cccc(Cl)c3)no2)CC(CC(=O)O)O1. The van der Waals surface area contributed by atoms with Crippen LogP contribution in [0.25, 0.3) is 11.4 Å². The van der Waals surface area contributed by atoms with Gasteiger partial charge in [0.15, 0.2) is 0 Å². The van der Waals surface area contributed by atoms with Crippen LogP contribution >= 0.6 is 11.6 Å². The molecule has 1 N–H and O–H groups in total. The van der Waals surface area contributed by atoms with Crippen molar-refractivity contribution in [3.05, 3.63) is 29.3 Å². The van der Waals surface area contributed by atoms with Gasteiger partial charge in [0, 0.05) is 23.7 Å². The maximum absolute atomic E-state index is 10.9. The largest absolute Gasteiger partial charge is 0.481 e. The Kier molecular flexibility index (Phi) is 4.49. The highest BCUT2D eigenvalue weighted by molar-refractivity contribution is 6.30. The molecule has 1 aliphatic heterocycles. The molecule has 2 heterocycles. The molecule has 0 radical (unpaired) electrons. The van der Waals surface area contributed by atoms with E-state index in [4.69, 9.17) is 26.0 Å². The summed E-state index contributed by atoms with van der Waals surface area (Å²) in [5, 5.41) is 13.5. The fraction of sp³-hybridized carbons (Fsp3) is 0.400. The first-order valence-electron chi connectivity index (χ1n) is 7.23. The number of ether oxygens (including phenoxy) is 1. The van der Waals surface area contributed by atoms with Crippen molar-refractivity contribution in [3.8, 4) is 11.4 Å². The van der Waals surface area contributed by atoms with Gasteiger partial charge < -0.3 is 19.3 Å². The van der Waals surface area contributed by atoms with Crippen LogP contribution < -0.4 is 4.90 Å². The van der Waals surface area contributed by atoms with E-state index >= 15 is 0 Å². The molecule has 1 aliphatic rings. The summed E-state index contributed by atoms with van der Waals surface area (Å²) in [7, 11) is 0. The maximum atomic E-state index is 10.9. The molecular formula is C15H16ClN3O4. The third-order valence-electron chi connectivity index (χ3n) is 3.50. The van der Waals surface area contributed by atoms with E-state index in [-0.39, 0.29) is 12.5 Å². The highest BCUT2D eigenvalue weighted by atomic mass is 35.5. The molecule has 1 saturated heterocycles. The molecule has 7 nitrogen and oxygen atoms in total. The summed E-state index contributed by atoms with van der Waals surface area (Å²) in [6, 6.07) is 7.53. The van der Waals surface area contributed by atoms with E-state index in [9.17, 15) is 4.79 Å². The molecule has 2 unspecified atom stereocenters. The van der Waals surface area contributed by atoms with Crippen LogP contribution in [0.2, 0.25) is 5.02 Å². The first-order chi connectivity index (χ1) is 11.0. The highest BCUT2D eigenvalue weighted by Gasteiger charge is 2.30. The van der Waals surface area contributed by atoms with Crippen molar-refractivity contribution in [3.63, 3.8) is 0 Å². The van der Waals surface area contributed by atoms with Gasteiger partial charge in [-0.15, -0.1) is 0 Å². The van der Waals surface area contributed by atoms with Crippen molar-refractivity contribution in [1.82, 2.24) is 10.1 Å². The number of rotatable bonds is 4. The standard InChI is InChI=1S/C15H16ClN3O4/c1-9-7-19(8-12(22-9)6-13(20)21)15-17-14(18-23-15)10-3-2-4-11(16)5-10/h2-5,9,12H,6-8H2,1H3,(H,20,21). The Balaban J connectivity index is 1.78. The van der Waals surface area contributed by atoms with Crippen molar-refractivity contribution >= 4 is 23.6 Å². The first-order valence-corrected chi connectivity index (χ1v) is 7.61. The first kappa shape index (κ1) is 15.8. The van der Waals surface area contributed by atoms with Crippen molar-refractivity contribution in [1.29, 1.82) is 0 Å². The molecule has 1 aromatic carbocycles. The number of carboxylic acid groups (broad SMARTS) is 1. The van der Waals surface area contributed by atoms with Gasteiger partial charge in [-0.3, -0.25) is 4.79 Å². The molecule has 0 spiro atoms. The van der Waals surface area contributed by atoms with Crippen LogP contribution in [0.4, 0.5) is 6.01 Å². The lowest BCUT2D eigenvalue weighted by atomic mass is 10.2. The quantitative estimate of drug-likeness (QED) is 0.916. The number of aliphatic carboxylic acids is 1. The highest BCUT2D eigenvalue weighted by Crippen LogP contribution is 2.25. The lowest BCUT2D eigenvalue weighted by Crippen LogP contribution is -2.47. The van der Waals surface area contributed by atoms with E-state index in [1.807, 2.05) is 24.0 Å². The Morgan fingerprint density at radius 2 is 2.30 bits per heavy atom. The Labute approximate surface area is 137 Å². The van der Waals surface area contributed by atoms with Crippen LogP contribution in [0.1, 0.15) is 13.3 Å². The van der Waals surface area contributed by atoms with Crippen LogP contribution in [0, 0.1) is 0 Å². The second kappa shape index (κ2) is 6.55. The van der Waals surface area contributed by atoms with Gasteiger partial charge >= 0.3 is 12.0 Å². The fourth-order valence-electron chi connectivity index (χ4n) is 2.60. The topological polar surface area (TPSA) is 88.7 Å². The molecule has 122 valence electrons. The number of carboxylic acids is 1. The van der Waals surface area contributed by atoms with Gasteiger partial charge in [0.05, 0.1) is 18.6 Å². The minimum Gasteiger partial charge on any atom is -0.481 e. The minimum atomic E-state index is -0.894. The smallest absolute Gasteiger partial charge is 0.324 e. The van der Waals surface area contributed by atoms with E-state index < -0.39 is 12.1 Å². The molecule has 0 amide bonds. The zero-order valence-electron chi connectivity index (χ0n) is 12.5. The average Bonchev–Trinajstić information content (AvgIpc) is 2.95. The molecule has 2 aromatic rings. The monoisotopic (exact) mass is 337 g/mol. The van der Waals surface area contributed by atoms with Gasteiger partial charge in [-0.05, 0) is 19.1 Å². The summed E-state index contributed by atoms with van der Waals surface area (Å²) in [6.45, 7) is 2.84. The molecular weight excluding hydrogens is 322 g/mol. The van der Waals surface area contributed by atoms with Crippen LogP contribution in [-0.2, 0) is 9.53 Å². The van der Waals surface area contributed by atoms with Gasteiger partial charge in [-0.25, -0.2) is 0 Å². The van der Waals surface area contributed by atoms with E-state index in [0.29, 0.717) is 30.0 Å². The predicted molar refractivity (Wildman–Crippen MR) is 83.5 cm³/mol. The van der Waals surface area contributed by atoms with Gasteiger partial charge in [0.1, 0.15) is 0 Å². The number of aromatic nitrogens is 2. The molecule has 8 heteroatoms. The Morgan fingerprint density at radius 1 is 1.48 bits per heavy atom. The van der Waals surface area contributed by atoms with Crippen LogP contribution in [0.5, 0.6) is 0 Å². The number of anilines is 1. The van der Waals surface area contributed by atoms with E-state index in [2.05, 4.69) is 10.1 Å². The van der Waals surface area contributed by atoms with Crippen molar-refractivity contribution in [2.45, 2.75) is 25.6 Å². The van der Waals surface area contributed by atoms with Crippen molar-refractivity contribution < 1.29 is 19.2 Å². The van der Waals surface area contributed by atoms with Crippen molar-refractivity contribution in [2.24, 2.45) is 0 Å². The summed E-state index contributed by atoms with van der Waals surface area (Å²) in [5.41, 5.74) is 0.760. The summed E-state index contributed by atoms with van der Waals surface area (Å²) in [5.74, 6) is -0.453. The second-order valence-corrected chi connectivity index (χ2v) is 5.92. The second-order valence-electron chi connectivity index (χ2n) is 5.48.